The summed E-state index contributed by atoms with van der Waals surface area (Å²) >= 11 is 13.1. The smallest absolute Gasteiger partial charge is 0.140 e. The SMILES string of the molecule is N#Cc1c[nH]nc1Sc1cc(Cl)cc(Cl)c1. The van der Waals surface area contributed by atoms with Crippen LogP contribution in [0.2, 0.25) is 10.0 Å². The van der Waals surface area contributed by atoms with Gasteiger partial charge in [0.05, 0.1) is 0 Å². The molecule has 0 fully saturated rings. The van der Waals surface area contributed by atoms with Gasteiger partial charge in [-0.05, 0) is 18.2 Å². The third-order valence-corrected chi connectivity index (χ3v) is 3.19. The standard InChI is InChI=1S/C10H5Cl2N3S/c11-7-1-8(12)3-9(2-7)16-10-6(4-13)5-14-15-10/h1-3,5H,(H,14,15). The Hall–Kier alpha value is -1.15. The maximum atomic E-state index is 8.82. The minimum Gasteiger partial charge on any atom is -0.283 e. The Labute approximate surface area is 106 Å². The Morgan fingerprint density at radius 3 is 2.56 bits per heavy atom. The lowest BCUT2D eigenvalue weighted by molar-refractivity contribution is 1.00. The van der Waals surface area contributed by atoms with Gasteiger partial charge in [0.25, 0.3) is 0 Å². The number of halogens is 2. The van der Waals surface area contributed by atoms with Crippen molar-refractivity contribution in [1.82, 2.24) is 10.2 Å². The van der Waals surface area contributed by atoms with Gasteiger partial charge in [0, 0.05) is 21.1 Å². The maximum Gasteiger partial charge on any atom is 0.140 e. The average Bonchev–Trinajstić information content (AvgIpc) is 2.63. The second-order valence-electron chi connectivity index (χ2n) is 2.92. The van der Waals surface area contributed by atoms with Crippen molar-refractivity contribution in [3.63, 3.8) is 0 Å². The van der Waals surface area contributed by atoms with Crippen LogP contribution in [0.3, 0.4) is 0 Å². The first-order chi connectivity index (χ1) is 7.69. The zero-order valence-corrected chi connectivity index (χ0v) is 10.2. The number of rotatable bonds is 2. The van der Waals surface area contributed by atoms with Gasteiger partial charge in [-0.25, -0.2) is 0 Å². The molecule has 0 unspecified atom stereocenters. The van der Waals surface area contributed by atoms with Gasteiger partial charge < -0.3 is 0 Å². The van der Waals surface area contributed by atoms with Crippen molar-refractivity contribution in [2.75, 3.05) is 0 Å². The summed E-state index contributed by atoms with van der Waals surface area (Å²) in [5.41, 5.74) is 0.501. The summed E-state index contributed by atoms with van der Waals surface area (Å²) in [4.78, 5) is 0.848. The molecule has 3 nitrogen and oxygen atoms in total. The first kappa shape index (κ1) is 11.3. The molecule has 0 atom stereocenters. The van der Waals surface area contributed by atoms with Gasteiger partial charge in [-0.2, -0.15) is 10.4 Å². The Morgan fingerprint density at radius 1 is 1.25 bits per heavy atom. The molecule has 0 spiro atoms. The van der Waals surface area contributed by atoms with E-state index < -0.39 is 0 Å². The molecule has 1 heterocycles. The van der Waals surface area contributed by atoms with E-state index in [0.717, 1.165) is 4.90 Å². The fraction of sp³-hybridized carbons (Fsp3) is 0. The molecular formula is C10H5Cl2N3S. The van der Waals surface area contributed by atoms with Gasteiger partial charge in [0.2, 0.25) is 0 Å². The van der Waals surface area contributed by atoms with Crippen molar-refractivity contribution in [3.05, 3.63) is 40.0 Å². The highest BCUT2D eigenvalue weighted by Crippen LogP contribution is 2.32. The van der Waals surface area contributed by atoms with Gasteiger partial charge in [0.1, 0.15) is 16.7 Å². The molecule has 0 saturated carbocycles. The van der Waals surface area contributed by atoms with Crippen molar-refractivity contribution >= 4 is 35.0 Å². The minimum atomic E-state index is 0.501. The van der Waals surface area contributed by atoms with Crippen LogP contribution in [0.4, 0.5) is 0 Å². The Kier molecular flexibility index (Phi) is 3.39. The van der Waals surface area contributed by atoms with Gasteiger partial charge in [0.15, 0.2) is 0 Å². The van der Waals surface area contributed by atoms with Crippen LogP contribution in [-0.4, -0.2) is 10.2 Å². The van der Waals surface area contributed by atoms with Gasteiger partial charge in [-0.15, -0.1) is 0 Å². The quantitative estimate of drug-likeness (QED) is 0.904. The molecule has 1 N–H and O–H groups in total. The molecule has 0 saturated heterocycles. The molecule has 0 bridgehead atoms. The molecule has 16 heavy (non-hydrogen) atoms. The van der Waals surface area contributed by atoms with Crippen molar-refractivity contribution in [2.24, 2.45) is 0 Å². The van der Waals surface area contributed by atoms with Gasteiger partial charge in [-0.1, -0.05) is 35.0 Å². The lowest BCUT2D eigenvalue weighted by Gasteiger charge is -2.00. The summed E-state index contributed by atoms with van der Waals surface area (Å²) < 4.78 is 0. The first-order valence-electron chi connectivity index (χ1n) is 4.27. The van der Waals surface area contributed by atoms with Crippen molar-refractivity contribution in [3.8, 4) is 6.07 Å². The van der Waals surface area contributed by atoms with E-state index in [1.165, 1.54) is 11.8 Å². The van der Waals surface area contributed by atoms with Crippen molar-refractivity contribution < 1.29 is 0 Å². The number of hydrogen-bond donors (Lipinski definition) is 1. The van der Waals surface area contributed by atoms with Gasteiger partial charge >= 0.3 is 0 Å². The average molecular weight is 270 g/mol. The molecule has 1 aromatic carbocycles. The summed E-state index contributed by atoms with van der Waals surface area (Å²) in [5, 5.41) is 17.2. The molecular weight excluding hydrogens is 265 g/mol. The second-order valence-corrected chi connectivity index (χ2v) is 4.86. The highest BCUT2D eigenvalue weighted by molar-refractivity contribution is 7.99. The first-order valence-corrected chi connectivity index (χ1v) is 5.84. The molecule has 1 aromatic heterocycles. The molecule has 2 rings (SSSR count). The number of hydrogen-bond acceptors (Lipinski definition) is 3. The number of benzene rings is 1. The number of nitriles is 1. The molecule has 80 valence electrons. The largest absolute Gasteiger partial charge is 0.283 e. The van der Waals surface area contributed by atoms with Crippen LogP contribution in [0.1, 0.15) is 5.56 Å². The number of nitrogens with zero attached hydrogens (tertiary/aromatic N) is 2. The van der Waals surface area contributed by atoms with E-state index >= 15 is 0 Å². The number of aromatic nitrogens is 2. The Morgan fingerprint density at radius 2 is 1.94 bits per heavy atom. The van der Waals surface area contributed by atoms with Crippen LogP contribution < -0.4 is 0 Å². The second kappa shape index (κ2) is 4.79. The van der Waals surface area contributed by atoms with Crippen molar-refractivity contribution in [2.45, 2.75) is 9.92 Å². The maximum absolute atomic E-state index is 8.82. The lowest BCUT2D eigenvalue weighted by Crippen LogP contribution is -1.78. The van der Waals surface area contributed by atoms with E-state index in [0.29, 0.717) is 20.6 Å². The third-order valence-electron chi connectivity index (χ3n) is 1.78. The van der Waals surface area contributed by atoms with Crippen LogP contribution in [0.25, 0.3) is 0 Å². The topological polar surface area (TPSA) is 52.5 Å². The summed E-state index contributed by atoms with van der Waals surface area (Å²) in [6.07, 6.45) is 1.55. The van der Waals surface area contributed by atoms with E-state index in [1.54, 1.807) is 24.4 Å². The zero-order chi connectivity index (χ0) is 11.5. The van der Waals surface area contributed by atoms with E-state index in [-0.39, 0.29) is 0 Å². The number of aromatic amines is 1. The fourth-order valence-electron chi connectivity index (χ4n) is 1.13. The predicted octanol–water partition coefficient (Wildman–Crippen LogP) is 3.74. The Bertz CT molecular complexity index is 539. The molecule has 0 aliphatic carbocycles. The lowest BCUT2D eigenvalue weighted by atomic mass is 10.4. The summed E-state index contributed by atoms with van der Waals surface area (Å²) in [5.74, 6) is 0. The predicted molar refractivity (Wildman–Crippen MR) is 63.9 cm³/mol. The molecule has 0 amide bonds. The molecule has 0 radical (unpaired) electrons. The van der Waals surface area contributed by atoms with Crippen LogP contribution in [0, 0.1) is 11.3 Å². The third kappa shape index (κ3) is 2.50. The Balaban J connectivity index is 2.31. The molecule has 0 aliphatic heterocycles. The van der Waals surface area contributed by atoms with Crippen LogP contribution in [0.15, 0.2) is 34.3 Å². The van der Waals surface area contributed by atoms with E-state index in [2.05, 4.69) is 10.2 Å². The number of nitrogens with one attached hydrogen (secondary N) is 1. The van der Waals surface area contributed by atoms with Crippen molar-refractivity contribution in [1.29, 1.82) is 5.26 Å². The molecule has 6 heteroatoms. The number of H-pyrrole nitrogens is 1. The minimum absolute atomic E-state index is 0.501. The highest BCUT2D eigenvalue weighted by Gasteiger charge is 2.08. The summed E-state index contributed by atoms with van der Waals surface area (Å²) in [6.45, 7) is 0. The monoisotopic (exact) mass is 269 g/mol. The van der Waals surface area contributed by atoms with E-state index in [4.69, 9.17) is 28.5 Å². The molecule has 0 aliphatic rings. The summed E-state index contributed by atoms with van der Waals surface area (Å²) in [7, 11) is 0. The fourth-order valence-corrected chi connectivity index (χ4v) is 2.70. The van der Waals surface area contributed by atoms with Crippen LogP contribution >= 0.6 is 35.0 Å². The van der Waals surface area contributed by atoms with Crippen LogP contribution in [0.5, 0.6) is 0 Å². The highest BCUT2D eigenvalue weighted by atomic mass is 35.5. The molecule has 2 aromatic rings. The zero-order valence-electron chi connectivity index (χ0n) is 7.87. The van der Waals surface area contributed by atoms with E-state index in [1.807, 2.05) is 6.07 Å². The van der Waals surface area contributed by atoms with E-state index in [9.17, 15) is 0 Å². The summed E-state index contributed by atoms with van der Waals surface area (Å²) in [6, 6.07) is 7.24. The normalized spacial score (nSPS) is 10.1. The van der Waals surface area contributed by atoms with Crippen LogP contribution in [-0.2, 0) is 0 Å². The van der Waals surface area contributed by atoms with Gasteiger partial charge in [-0.3, -0.25) is 5.10 Å².